The van der Waals surface area contributed by atoms with Gasteiger partial charge < -0.3 is 9.64 Å². The highest BCUT2D eigenvalue weighted by atomic mass is 32.1. The molecule has 0 heterocycles. The lowest BCUT2D eigenvalue weighted by Gasteiger charge is -2.17. The summed E-state index contributed by atoms with van der Waals surface area (Å²) in [5, 5.41) is 0. The quantitative estimate of drug-likeness (QED) is 0.746. The van der Waals surface area contributed by atoms with E-state index in [0.717, 1.165) is 0 Å². The van der Waals surface area contributed by atoms with E-state index in [0.29, 0.717) is 10.7 Å². The minimum absolute atomic E-state index is 0.244. The average molecular weight is 249 g/mol. The largest absolute Gasteiger partial charge is 0.573 e. The number of hydrogen-bond acceptors (Lipinski definition) is 2. The maximum atomic E-state index is 11.9. The second-order valence-corrected chi connectivity index (χ2v) is 3.71. The summed E-state index contributed by atoms with van der Waals surface area (Å²) in [5.41, 5.74) is 0.710. The summed E-state index contributed by atoms with van der Waals surface area (Å²) in [6.45, 7) is 1.73. The summed E-state index contributed by atoms with van der Waals surface area (Å²) in [4.78, 5) is 2.32. The maximum Gasteiger partial charge on any atom is 0.573 e. The molecule has 0 fully saturated rings. The van der Waals surface area contributed by atoms with Gasteiger partial charge in [0.2, 0.25) is 0 Å². The van der Waals surface area contributed by atoms with Gasteiger partial charge in [0.05, 0.1) is 4.99 Å². The number of halogens is 3. The number of thiocarbonyl (C=S) groups is 1. The monoisotopic (exact) mass is 249 g/mol. The van der Waals surface area contributed by atoms with Crippen LogP contribution >= 0.6 is 12.2 Å². The Kier molecular flexibility index (Phi) is 3.74. The summed E-state index contributed by atoms with van der Waals surface area (Å²) in [6, 6.07) is 5.52. The Hall–Kier alpha value is -1.30. The highest BCUT2D eigenvalue weighted by Crippen LogP contribution is 2.25. The Morgan fingerprint density at radius 3 is 2.12 bits per heavy atom. The van der Waals surface area contributed by atoms with E-state index in [2.05, 4.69) is 4.74 Å². The van der Waals surface area contributed by atoms with Crippen LogP contribution in [-0.2, 0) is 0 Å². The van der Waals surface area contributed by atoms with Crippen LogP contribution in [0.3, 0.4) is 0 Å². The number of alkyl halides is 3. The molecule has 1 aromatic rings. The Morgan fingerprint density at radius 2 is 1.75 bits per heavy atom. The van der Waals surface area contributed by atoms with E-state index in [1.165, 1.54) is 24.3 Å². The fourth-order valence-electron chi connectivity index (χ4n) is 1.05. The third kappa shape index (κ3) is 3.69. The standard InChI is InChI=1S/C10H10F3NOS/c1-7(16)14(2)8-3-5-9(6-4-8)15-10(11,12)13/h3-6H,1-2H3. The van der Waals surface area contributed by atoms with Crippen molar-refractivity contribution in [2.45, 2.75) is 13.3 Å². The molecule has 0 aromatic heterocycles. The molecule has 0 spiro atoms. The molecule has 0 amide bonds. The van der Waals surface area contributed by atoms with Gasteiger partial charge in [0.15, 0.2) is 0 Å². The fraction of sp³-hybridized carbons (Fsp3) is 0.300. The number of ether oxygens (including phenoxy) is 1. The molecule has 2 nitrogen and oxygen atoms in total. The van der Waals surface area contributed by atoms with E-state index in [1.54, 1.807) is 18.9 Å². The molecule has 1 rings (SSSR count). The van der Waals surface area contributed by atoms with Crippen LogP contribution in [0.1, 0.15) is 6.92 Å². The molecule has 0 aliphatic heterocycles. The number of hydrogen-bond donors (Lipinski definition) is 0. The van der Waals surface area contributed by atoms with Gasteiger partial charge in [-0.05, 0) is 31.2 Å². The second-order valence-electron chi connectivity index (χ2n) is 3.12. The molecule has 16 heavy (non-hydrogen) atoms. The normalized spacial score (nSPS) is 11.1. The number of anilines is 1. The van der Waals surface area contributed by atoms with Crippen LogP contribution in [0.4, 0.5) is 18.9 Å². The van der Waals surface area contributed by atoms with E-state index < -0.39 is 6.36 Å². The summed E-state index contributed by atoms with van der Waals surface area (Å²) in [7, 11) is 1.74. The Morgan fingerprint density at radius 1 is 1.25 bits per heavy atom. The van der Waals surface area contributed by atoms with Gasteiger partial charge in [0.25, 0.3) is 0 Å². The van der Waals surface area contributed by atoms with Crippen LogP contribution in [0, 0.1) is 0 Å². The first-order chi connectivity index (χ1) is 7.29. The van der Waals surface area contributed by atoms with Gasteiger partial charge in [-0.15, -0.1) is 13.2 Å². The van der Waals surface area contributed by atoms with Crippen LogP contribution in [-0.4, -0.2) is 18.4 Å². The van der Waals surface area contributed by atoms with Gasteiger partial charge in [0.1, 0.15) is 5.75 Å². The van der Waals surface area contributed by atoms with Gasteiger partial charge in [-0.3, -0.25) is 0 Å². The molecule has 0 aliphatic carbocycles. The zero-order valence-electron chi connectivity index (χ0n) is 8.71. The molecular formula is C10H10F3NOS. The second kappa shape index (κ2) is 4.69. The Bertz CT molecular complexity index is 375. The zero-order chi connectivity index (χ0) is 12.3. The highest BCUT2D eigenvalue weighted by Gasteiger charge is 2.30. The first kappa shape index (κ1) is 12.8. The summed E-state index contributed by atoms with van der Waals surface area (Å²) < 4.78 is 39.4. The molecule has 0 aliphatic rings. The molecule has 88 valence electrons. The van der Waals surface area contributed by atoms with E-state index in [9.17, 15) is 13.2 Å². The van der Waals surface area contributed by atoms with Crippen molar-refractivity contribution in [1.29, 1.82) is 0 Å². The molecule has 0 bridgehead atoms. The SMILES string of the molecule is CC(=S)N(C)c1ccc(OC(F)(F)F)cc1. The lowest BCUT2D eigenvalue weighted by molar-refractivity contribution is -0.274. The van der Waals surface area contributed by atoms with Crippen LogP contribution in [0.2, 0.25) is 0 Å². The van der Waals surface area contributed by atoms with Crippen LogP contribution in [0.5, 0.6) is 5.75 Å². The maximum absolute atomic E-state index is 11.9. The van der Waals surface area contributed by atoms with Crippen molar-refractivity contribution in [2.24, 2.45) is 0 Å². The zero-order valence-corrected chi connectivity index (χ0v) is 9.52. The van der Waals surface area contributed by atoms with E-state index in [1.807, 2.05) is 0 Å². The average Bonchev–Trinajstić information content (AvgIpc) is 2.15. The van der Waals surface area contributed by atoms with Crippen LogP contribution in [0.25, 0.3) is 0 Å². The smallest absolute Gasteiger partial charge is 0.406 e. The highest BCUT2D eigenvalue weighted by molar-refractivity contribution is 7.80. The fourth-order valence-corrected chi connectivity index (χ4v) is 1.16. The molecule has 0 saturated carbocycles. The minimum Gasteiger partial charge on any atom is -0.406 e. The van der Waals surface area contributed by atoms with Crippen molar-refractivity contribution in [1.82, 2.24) is 0 Å². The minimum atomic E-state index is -4.66. The van der Waals surface area contributed by atoms with Gasteiger partial charge in [0, 0.05) is 12.7 Å². The van der Waals surface area contributed by atoms with Crippen molar-refractivity contribution < 1.29 is 17.9 Å². The molecule has 6 heteroatoms. The Balaban J connectivity index is 2.79. The van der Waals surface area contributed by atoms with Crippen molar-refractivity contribution in [3.8, 4) is 5.75 Å². The molecule has 0 atom stereocenters. The van der Waals surface area contributed by atoms with Gasteiger partial charge in [-0.1, -0.05) is 12.2 Å². The van der Waals surface area contributed by atoms with Gasteiger partial charge in [-0.2, -0.15) is 0 Å². The third-order valence-electron chi connectivity index (χ3n) is 1.93. The predicted octanol–water partition coefficient (Wildman–Crippen LogP) is 3.37. The van der Waals surface area contributed by atoms with Crippen LogP contribution in [0.15, 0.2) is 24.3 Å². The molecule has 1 aromatic carbocycles. The van der Waals surface area contributed by atoms with Gasteiger partial charge in [-0.25, -0.2) is 0 Å². The molecular weight excluding hydrogens is 239 g/mol. The molecule has 0 N–H and O–H groups in total. The number of rotatable bonds is 2. The summed E-state index contributed by atoms with van der Waals surface area (Å²) in [5.74, 6) is -0.244. The third-order valence-corrected chi connectivity index (χ3v) is 2.20. The summed E-state index contributed by atoms with van der Waals surface area (Å²) >= 11 is 4.94. The molecule has 0 unspecified atom stereocenters. The molecule has 0 saturated heterocycles. The first-order valence-electron chi connectivity index (χ1n) is 4.40. The van der Waals surface area contributed by atoms with E-state index in [4.69, 9.17) is 12.2 Å². The first-order valence-corrected chi connectivity index (χ1v) is 4.80. The van der Waals surface area contributed by atoms with E-state index >= 15 is 0 Å². The predicted molar refractivity (Wildman–Crippen MR) is 59.8 cm³/mol. The molecule has 0 radical (unpaired) electrons. The lowest BCUT2D eigenvalue weighted by atomic mass is 10.3. The number of benzene rings is 1. The topological polar surface area (TPSA) is 12.5 Å². The van der Waals surface area contributed by atoms with Crippen molar-refractivity contribution in [3.05, 3.63) is 24.3 Å². The van der Waals surface area contributed by atoms with Crippen molar-refractivity contribution in [2.75, 3.05) is 11.9 Å². The van der Waals surface area contributed by atoms with Crippen molar-refractivity contribution >= 4 is 22.9 Å². The summed E-state index contributed by atoms with van der Waals surface area (Å²) in [6.07, 6.45) is -4.66. The van der Waals surface area contributed by atoms with Gasteiger partial charge >= 0.3 is 6.36 Å². The number of nitrogens with zero attached hydrogens (tertiary/aromatic N) is 1. The van der Waals surface area contributed by atoms with Crippen molar-refractivity contribution in [3.63, 3.8) is 0 Å². The lowest BCUT2D eigenvalue weighted by Crippen LogP contribution is -2.21. The van der Waals surface area contributed by atoms with E-state index in [-0.39, 0.29) is 5.75 Å². The van der Waals surface area contributed by atoms with Crippen LogP contribution < -0.4 is 9.64 Å². The Labute approximate surface area is 96.6 Å².